The predicted octanol–water partition coefficient (Wildman–Crippen LogP) is 2.98. The predicted molar refractivity (Wildman–Crippen MR) is 59.5 cm³/mol. The van der Waals surface area contributed by atoms with Gasteiger partial charge in [0.2, 0.25) is 0 Å². The molecule has 0 aliphatic carbocycles. The number of halogens is 2. The Bertz CT molecular complexity index is 297. The van der Waals surface area contributed by atoms with Crippen LogP contribution < -0.4 is 5.32 Å². The molecule has 0 bridgehead atoms. The zero-order chi connectivity index (χ0) is 8.55. The van der Waals surface area contributed by atoms with Crippen LogP contribution in [-0.4, -0.2) is 6.54 Å². The van der Waals surface area contributed by atoms with E-state index in [9.17, 15) is 0 Å². The van der Waals surface area contributed by atoms with Gasteiger partial charge in [-0.2, -0.15) is 0 Å². The van der Waals surface area contributed by atoms with Crippen LogP contribution in [0.25, 0.3) is 0 Å². The topological polar surface area (TPSA) is 12.0 Å². The maximum Gasteiger partial charge on any atom is 0.0587 e. The van der Waals surface area contributed by atoms with Gasteiger partial charge in [-0.3, -0.25) is 0 Å². The second-order valence-electron chi connectivity index (χ2n) is 2.94. The van der Waals surface area contributed by atoms with Crippen LogP contribution in [0.1, 0.15) is 18.0 Å². The molecule has 1 heterocycles. The van der Waals surface area contributed by atoms with Gasteiger partial charge in [-0.15, -0.1) is 0 Å². The minimum Gasteiger partial charge on any atom is -0.310 e. The number of hydrogen-bond acceptors (Lipinski definition) is 1. The molecule has 1 atom stereocenters. The molecule has 3 heteroatoms. The molecule has 2 rings (SSSR count). The molecular weight excluding hydrogens is 284 g/mol. The van der Waals surface area contributed by atoms with Gasteiger partial charge in [-0.1, -0.05) is 23.7 Å². The number of hydrogen-bond donors (Lipinski definition) is 1. The molecule has 64 valence electrons. The van der Waals surface area contributed by atoms with Gasteiger partial charge in [-0.05, 0) is 47.2 Å². The average Bonchev–Trinajstić information content (AvgIpc) is 1.95. The average molecular weight is 294 g/mol. The lowest BCUT2D eigenvalue weighted by Gasteiger charge is -2.28. The summed E-state index contributed by atoms with van der Waals surface area (Å²) in [6.45, 7) is 1.12. The van der Waals surface area contributed by atoms with Gasteiger partial charge < -0.3 is 5.32 Å². The lowest BCUT2D eigenvalue weighted by Crippen LogP contribution is -2.35. The minimum absolute atomic E-state index is 0.493. The van der Waals surface area contributed by atoms with Crippen molar-refractivity contribution >= 4 is 34.2 Å². The minimum atomic E-state index is 0.493. The maximum atomic E-state index is 6.15. The SMILES string of the molecule is Clc1c(I)cccc1[C@@H]1CCN1. The molecule has 1 saturated heterocycles. The van der Waals surface area contributed by atoms with Crippen molar-refractivity contribution in [1.29, 1.82) is 0 Å². The highest BCUT2D eigenvalue weighted by Gasteiger charge is 2.21. The van der Waals surface area contributed by atoms with E-state index in [4.69, 9.17) is 11.6 Å². The van der Waals surface area contributed by atoms with Crippen LogP contribution >= 0.6 is 34.2 Å². The van der Waals surface area contributed by atoms with Crippen LogP contribution in [0.5, 0.6) is 0 Å². The van der Waals surface area contributed by atoms with Crippen molar-refractivity contribution in [3.05, 3.63) is 32.4 Å². The van der Waals surface area contributed by atoms with E-state index in [-0.39, 0.29) is 0 Å². The molecule has 0 aromatic heterocycles. The van der Waals surface area contributed by atoms with Crippen LogP contribution in [0.4, 0.5) is 0 Å². The third kappa shape index (κ3) is 1.47. The first kappa shape index (κ1) is 8.78. The quantitative estimate of drug-likeness (QED) is 0.785. The standard InChI is InChI=1S/C9H9ClIN/c10-9-6(8-4-5-12-8)2-1-3-7(9)11/h1-3,8,12H,4-5H2/t8-/m0/s1. The molecular formula is C9H9ClIN. The van der Waals surface area contributed by atoms with Gasteiger partial charge in [0.25, 0.3) is 0 Å². The van der Waals surface area contributed by atoms with Crippen molar-refractivity contribution in [1.82, 2.24) is 5.32 Å². The molecule has 0 unspecified atom stereocenters. The highest BCUT2D eigenvalue weighted by molar-refractivity contribution is 14.1. The highest BCUT2D eigenvalue weighted by atomic mass is 127. The first-order valence-electron chi connectivity index (χ1n) is 3.96. The molecule has 1 aromatic rings. The summed E-state index contributed by atoms with van der Waals surface area (Å²) in [7, 11) is 0. The highest BCUT2D eigenvalue weighted by Crippen LogP contribution is 2.31. The first-order chi connectivity index (χ1) is 5.79. The van der Waals surface area contributed by atoms with Crippen molar-refractivity contribution in [2.45, 2.75) is 12.5 Å². The molecule has 0 radical (unpaired) electrons. The van der Waals surface area contributed by atoms with Crippen molar-refractivity contribution in [2.24, 2.45) is 0 Å². The second kappa shape index (κ2) is 3.52. The van der Waals surface area contributed by atoms with Crippen LogP contribution in [0, 0.1) is 3.57 Å². The Balaban J connectivity index is 2.36. The summed E-state index contributed by atoms with van der Waals surface area (Å²) in [5, 5.41) is 4.25. The molecule has 1 aliphatic heterocycles. The number of benzene rings is 1. The Morgan fingerprint density at radius 1 is 1.50 bits per heavy atom. The van der Waals surface area contributed by atoms with Crippen LogP contribution in [0.15, 0.2) is 18.2 Å². The van der Waals surface area contributed by atoms with Gasteiger partial charge in [0, 0.05) is 9.61 Å². The van der Waals surface area contributed by atoms with E-state index in [2.05, 4.69) is 40.0 Å². The lowest BCUT2D eigenvalue weighted by molar-refractivity contribution is 0.383. The normalized spacial score (nSPS) is 22.0. The smallest absolute Gasteiger partial charge is 0.0587 e. The van der Waals surface area contributed by atoms with Gasteiger partial charge in [0.15, 0.2) is 0 Å². The molecule has 0 spiro atoms. The fraction of sp³-hybridized carbons (Fsp3) is 0.333. The number of nitrogens with one attached hydrogen (secondary N) is 1. The van der Waals surface area contributed by atoms with E-state index in [0.717, 1.165) is 15.1 Å². The molecule has 1 fully saturated rings. The van der Waals surface area contributed by atoms with Crippen molar-refractivity contribution in [3.8, 4) is 0 Å². The van der Waals surface area contributed by atoms with E-state index in [1.165, 1.54) is 12.0 Å². The maximum absolute atomic E-state index is 6.15. The van der Waals surface area contributed by atoms with Gasteiger partial charge in [-0.25, -0.2) is 0 Å². The van der Waals surface area contributed by atoms with Gasteiger partial charge in [0.05, 0.1) is 5.02 Å². The molecule has 1 nitrogen and oxygen atoms in total. The molecule has 0 amide bonds. The summed E-state index contributed by atoms with van der Waals surface area (Å²) >= 11 is 8.42. The third-order valence-electron chi connectivity index (χ3n) is 2.18. The fourth-order valence-electron chi connectivity index (χ4n) is 1.34. The van der Waals surface area contributed by atoms with Crippen LogP contribution in [-0.2, 0) is 0 Å². The lowest BCUT2D eigenvalue weighted by atomic mass is 9.98. The summed E-state index contributed by atoms with van der Waals surface area (Å²) in [5.74, 6) is 0. The van der Waals surface area contributed by atoms with Crippen LogP contribution in [0.3, 0.4) is 0 Å². The first-order valence-corrected chi connectivity index (χ1v) is 5.42. The summed E-state index contributed by atoms with van der Waals surface area (Å²) in [6, 6.07) is 6.68. The van der Waals surface area contributed by atoms with Crippen molar-refractivity contribution < 1.29 is 0 Å². The Morgan fingerprint density at radius 2 is 2.25 bits per heavy atom. The van der Waals surface area contributed by atoms with Crippen molar-refractivity contribution in [3.63, 3.8) is 0 Å². The fourth-order valence-corrected chi connectivity index (χ4v) is 2.12. The van der Waals surface area contributed by atoms with Crippen LogP contribution in [0.2, 0.25) is 5.02 Å². The molecule has 1 N–H and O–H groups in total. The summed E-state index contributed by atoms with van der Waals surface area (Å²) < 4.78 is 1.14. The third-order valence-corrected chi connectivity index (χ3v) is 3.82. The number of rotatable bonds is 1. The van der Waals surface area contributed by atoms with Crippen molar-refractivity contribution in [2.75, 3.05) is 6.54 Å². The molecule has 12 heavy (non-hydrogen) atoms. The Hall–Kier alpha value is 0.200. The molecule has 1 aliphatic rings. The van der Waals surface area contributed by atoms with Gasteiger partial charge >= 0.3 is 0 Å². The monoisotopic (exact) mass is 293 g/mol. The Morgan fingerprint density at radius 3 is 2.83 bits per heavy atom. The van der Waals surface area contributed by atoms with E-state index in [0.29, 0.717) is 6.04 Å². The van der Waals surface area contributed by atoms with E-state index >= 15 is 0 Å². The molecule has 0 saturated carbocycles. The zero-order valence-corrected chi connectivity index (χ0v) is 9.39. The zero-order valence-electron chi connectivity index (χ0n) is 6.48. The largest absolute Gasteiger partial charge is 0.310 e. The molecule has 1 aromatic carbocycles. The second-order valence-corrected chi connectivity index (χ2v) is 4.48. The van der Waals surface area contributed by atoms with E-state index in [1.807, 2.05) is 6.07 Å². The Kier molecular flexibility index (Phi) is 2.57. The van der Waals surface area contributed by atoms with Gasteiger partial charge in [0.1, 0.15) is 0 Å². The summed E-state index contributed by atoms with van der Waals surface area (Å²) in [6.07, 6.45) is 1.21. The van der Waals surface area contributed by atoms with E-state index in [1.54, 1.807) is 0 Å². The summed E-state index contributed by atoms with van der Waals surface area (Å²) in [4.78, 5) is 0. The van der Waals surface area contributed by atoms with E-state index < -0.39 is 0 Å². The Labute approximate surface area is 90.6 Å². The summed E-state index contributed by atoms with van der Waals surface area (Å²) in [5.41, 5.74) is 1.25.